The van der Waals surface area contributed by atoms with Crippen molar-refractivity contribution in [3.8, 4) is 0 Å². The average Bonchev–Trinajstić information content (AvgIpc) is 2.62. The second kappa shape index (κ2) is 11.9. The van der Waals surface area contributed by atoms with Gasteiger partial charge in [-0.3, -0.25) is 4.79 Å². The van der Waals surface area contributed by atoms with Gasteiger partial charge in [0, 0.05) is 0 Å². The van der Waals surface area contributed by atoms with E-state index in [1.54, 1.807) is 58.0 Å². The first kappa shape index (κ1) is 27.5. The molecule has 0 spiro atoms. The van der Waals surface area contributed by atoms with Gasteiger partial charge < -0.3 is 14.8 Å². The summed E-state index contributed by atoms with van der Waals surface area (Å²) in [5.74, 6) is -1.86. The van der Waals surface area contributed by atoms with E-state index >= 15 is 0 Å². The molecule has 1 rings (SSSR count). The third-order valence-corrected chi connectivity index (χ3v) is 4.37. The van der Waals surface area contributed by atoms with Crippen LogP contribution in [0.5, 0.6) is 0 Å². The lowest BCUT2D eigenvalue weighted by molar-refractivity contribution is -0.146. The lowest BCUT2D eigenvalue weighted by Gasteiger charge is -2.27. The Labute approximate surface area is 188 Å². The van der Waals surface area contributed by atoms with Crippen LogP contribution >= 0.6 is 0 Å². The maximum Gasteiger partial charge on any atom is 0.414 e. The van der Waals surface area contributed by atoms with E-state index in [9.17, 15) is 22.8 Å². The maximum atomic E-state index is 14.2. The van der Waals surface area contributed by atoms with Gasteiger partial charge in [0.25, 0.3) is 0 Å². The Morgan fingerprint density at radius 1 is 1.09 bits per heavy atom. The molecule has 0 unspecified atom stereocenters. The van der Waals surface area contributed by atoms with Gasteiger partial charge in [-0.1, -0.05) is 50.3 Å². The number of esters is 1. The molecular weight excluding hydrogens is 423 g/mol. The maximum absolute atomic E-state index is 14.2. The molecule has 0 aliphatic rings. The highest BCUT2D eigenvalue weighted by molar-refractivity contribution is 5.75. The zero-order valence-corrected chi connectivity index (χ0v) is 19.6. The Balaban J connectivity index is 3.43. The van der Waals surface area contributed by atoms with Crippen molar-refractivity contribution in [1.82, 2.24) is 5.32 Å². The highest BCUT2D eigenvalue weighted by Gasteiger charge is 2.41. The number of nitrogens with one attached hydrogen (secondary N) is 1. The number of hydrogen-bond acceptors (Lipinski definition) is 4. The Hall–Kier alpha value is -2.51. The summed E-state index contributed by atoms with van der Waals surface area (Å²) in [5, 5.41) is 2.36. The number of rotatable bonds is 9. The van der Waals surface area contributed by atoms with Crippen LogP contribution in [0.4, 0.5) is 18.0 Å². The summed E-state index contributed by atoms with van der Waals surface area (Å²) in [6.07, 6.45) is -4.80. The molecule has 0 heterocycles. The highest BCUT2D eigenvalue weighted by Crippen LogP contribution is 2.32. The summed E-state index contributed by atoms with van der Waals surface area (Å²) in [7, 11) is 0. The van der Waals surface area contributed by atoms with Gasteiger partial charge >= 0.3 is 18.2 Å². The van der Waals surface area contributed by atoms with E-state index in [4.69, 9.17) is 9.47 Å². The van der Waals surface area contributed by atoms with E-state index in [1.165, 1.54) is 0 Å². The Bertz CT molecular complexity index is 768. The molecule has 180 valence electrons. The molecule has 0 aliphatic heterocycles. The van der Waals surface area contributed by atoms with Crippen molar-refractivity contribution in [2.75, 3.05) is 6.61 Å². The van der Waals surface area contributed by atoms with E-state index in [1.807, 2.05) is 13.8 Å². The lowest BCUT2D eigenvalue weighted by atomic mass is 9.90. The van der Waals surface area contributed by atoms with Gasteiger partial charge in [0.05, 0.1) is 24.1 Å². The summed E-state index contributed by atoms with van der Waals surface area (Å²) in [4.78, 5) is 24.8. The van der Waals surface area contributed by atoms with Gasteiger partial charge in [-0.05, 0) is 52.0 Å². The van der Waals surface area contributed by atoms with Crippen LogP contribution in [0.3, 0.4) is 0 Å². The van der Waals surface area contributed by atoms with Crippen LogP contribution in [-0.4, -0.2) is 36.5 Å². The third kappa shape index (κ3) is 10.2. The van der Waals surface area contributed by atoms with Crippen molar-refractivity contribution in [1.29, 1.82) is 0 Å². The minimum absolute atomic E-state index is 0.0403. The highest BCUT2D eigenvalue weighted by atomic mass is 19.4. The molecule has 0 bridgehead atoms. The predicted molar refractivity (Wildman–Crippen MR) is 117 cm³/mol. The number of carbonyl (C=O) groups is 2. The van der Waals surface area contributed by atoms with Crippen molar-refractivity contribution in [2.45, 2.75) is 72.2 Å². The van der Waals surface area contributed by atoms with Gasteiger partial charge in [0.2, 0.25) is 0 Å². The zero-order chi connectivity index (χ0) is 24.5. The largest absolute Gasteiger partial charge is 0.466 e. The van der Waals surface area contributed by atoms with E-state index in [0.717, 1.165) is 6.08 Å². The SMILES string of the molecule is CCOC(=O)[C@H](/C=C(\[C@H](Cc1ccccc1)NC(=O)OC(C)(C)C)C(F)(F)F)CC(C)C. The number of hydrogen-bond donors (Lipinski definition) is 1. The van der Waals surface area contributed by atoms with Crippen LogP contribution in [-0.2, 0) is 20.7 Å². The molecule has 0 saturated carbocycles. The Morgan fingerprint density at radius 3 is 2.16 bits per heavy atom. The van der Waals surface area contributed by atoms with E-state index in [-0.39, 0.29) is 25.4 Å². The molecule has 8 heteroatoms. The molecule has 0 aliphatic carbocycles. The number of halogens is 3. The molecule has 1 aromatic rings. The first-order valence-electron chi connectivity index (χ1n) is 10.7. The van der Waals surface area contributed by atoms with Crippen molar-refractivity contribution in [3.63, 3.8) is 0 Å². The molecule has 2 atom stereocenters. The van der Waals surface area contributed by atoms with E-state index in [2.05, 4.69) is 5.32 Å². The molecule has 0 aromatic heterocycles. The number of ether oxygens (including phenoxy) is 2. The van der Waals surface area contributed by atoms with Crippen LogP contribution in [0.2, 0.25) is 0 Å². The van der Waals surface area contributed by atoms with Crippen LogP contribution in [0.15, 0.2) is 42.0 Å². The monoisotopic (exact) mass is 457 g/mol. The summed E-state index contributed by atoms with van der Waals surface area (Å²) in [6, 6.07) is 7.06. The fourth-order valence-electron chi connectivity index (χ4n) is 3.15. The molecule has 5 nitrogen and oxygen atoms in total. The molecule has 1 N–H and O–H groups in total. The standard InChI is InChI=1S/C24H34F3NO4/c1-7-31-21(29)18(13-16(2)3)15-19(24(25,26)27)20(14-17-11-9-8-10-12-17)28-22(30)32-23(4,5)6/h8-12,15-16,18,20H,7,13-14H2,1-6H3,(H,28,30)/b19-15+/t18-,20-/m0/s1. The van der Waals surface area contributed by atoms with Crippen molar-refractivity contribution in [3.05, 3.63) is 47.5 Å². The minimum atomic E-state index is -4.78. The Kier molecular flexibility index (Phi) is 10.3. The number of carbonyl (C=O) groups excluding carboxylic acids is 2. The second-order valence-electron chi connectivity index (χ2n) is 9.00. The Morgan fingerprint density at radius 2 is 1.69 bits per heavy atom. The molecule has 0 fully saturated rings. The lowest BCUT2D eigenvalue weighted by Crippen LogP contribution is -2.44. The normalized spacial score (nSPS) is 14.6. The van der Waals surface area contributed by atoms with Crippen LogP contribution in [0, 0.1) is 11.8 Å². The number of alkyl halides is 3. The van der Waals surface area contributed by atoms with Gasteiger partial charge in [0.15, 0.2) is 0 Å². The molecule has 0 saturated heterocycles. The third-order valence-electron chi connectivity index (χ3n) is 4.37. The smallest absolute Gasteiger partial charge is 0.414 e. The predicted octanol–water partition coefficient (Wildman–Crippen LogP) is 5.84. The topological polar surface area (TPSA) is 64.6 Å². The number of amides is 1. The van der Waals surface area contributed by atoms with Gasteiger partial charge in [-0.2, -0.15) is 13.2 Å². The van der Waals surface area contributed by atoms with Crippen molar-refractivity contribution < 1.29 is 32.2 Å². The molecule has 32 heavy (non-hydrogen) atoms. The quantitative estimate of drug-likeness (QED) is 0.374. The fraction of sp³-hybridized carbons (Fsp3) is 0.583. The first-order valence-corrected chi connectivity index (χ1v) is 10.7. The molecule has 0 radical (unpaired) electrons. The summed E-state index contributed by atoms with van der Waals surface area (Å²) in [6.45, 7) is 10.2. The van der Waals surface area contributed by atoms with Crippen LogP contribution < -0.4 is 5.32 Å². The van der Waals surface area contributed by atoms with E-state index < -0.39 is 41.4 Å². The van der Waals surface area contributed by atoms with Crippen molar-refractivity contribution >= 4 is 12.1 Å². The fourth-order valence-corrected chi connectivity index (χ4v) is 3.15. The van der Waals surface area contributed by atoms with Gasteiger partial charge in [-0.15, -0.1) is 0 Å². The molecular formula is C24H34F3NO4. The summed E-state index contributed by atoms with van der Waals surface area (Å²) < 4.78 is 52.8. The summed E-state index contributed by atoms with van der Waals surface area (Å²) >= 11 is 0. The first-order chi connectivity index (χ1) is 14.7. The van der Waals surface area contributed by atoms with Crippen LogP contribution in [0.25, 0.3) is 0 Å². The van der Waals surface area contributed by atoms with Gasteiger partial charge in [-0.25, -0.2) is 4.79 Å². The zero-order valence-electron chi connectivity index (χ0n) is 19.6. The minimum Gasteiger partial charge on any atom is -0.466 e. The van der Waals surface area contributed by atoms with Crippen molar-refractivity contribution in [2.24, 2.45) is 11.8 Å². The average molecular weight is 458 g/mol. The molecule has 1 aromatic carbocycles. The van der Waals surface area contributed by atoms with Gasteiger partial charge in [0.1, 0.15) is 5.60 Å². The second-order valence-corrected chi connectivity index (χ2v) is 9.00. The molecule has 1 amide bonds. The summed E-state index contributed by atoms with van der Waals surface area (Å²) in [5.41, 5.74) is -1.29. The van der Waals surface area contributed by atoms with E-state index in [0.29, 0.717) is 5.56 Å². The number of benzene rings is 1. The number of alkyl carbamates (subject to hydrolysis) is 1. The van der Waals surface area contributed by atoms with Crippen LogP contribution in [0.1, 0.15) is 53.5 Å².